The van der Waals surface area contributed by atoms with Crippen molar-refractivity contribution < 1.29 is 23.5 Å². The van der Waals surface area contributed by atoms with Crippen LogP contribution in [0.5, 0.6) is 5.75 Å². The highest BCUT2D eigenvalue weighted by Crippen LogP contribution is 2.24. The van der Waals surface area contributed by atoms with Crippen molar-refractivity contribution in [2.75, 3.05) is 11.9 Å². The fourth-order valence-electron chi connectivity index (χ4n) is 1.82. The molecule has 0 aliphatic rings. The second kappa shape index (κ2) is 9.30. The van der Waals surface area contributed by atoms with E-state index in [9.17, 15) is 18.8 Å². The van der Waals surface area contributed by atoms with Gasteiger partial charge in [0.05, 0.1) is 16.9 Å². The van der Waals surface area contributed by atoms with Crippen molar-refractivity contribution in [3.05, 3.63) is 58.9 Å². The van der Waals surface area contributed by atoms with Crippen LogP contribution in [0, 0.1) is 5.82 Å². The summed E-state index contributed by atoms with van der Waals surface area (Å²) in [6.45, 7) is -0.319. The summed E-state index contributed by atoms with van der Waals surface area (Å²) in [5.74, 6) is -3.23. The van der Waals surface area contributed by atoms with E-state index in [1.807, 2.05) is 5.43 Å². The van der Waals surface area contributed by atoms with Gasteiger partial charge in [-0.25, -0.2) is 9.82 Å². The number of para-hydroxylation sites is 1. The summed E-state index contributed by atoms with van der Waals surface area (Å²) in [6, 6.07) is 9.92. The molecule has 0 aliphatic carbocycles. The van der Waals surface area contributed by atoms with Crippen molar-refractivity contribution in [2.45, 2.75) is 0 Å². The maximum Gasteiger partial charge on any atom is 0.329 e. The number of anilines is 1. The summed E-state index contributed by atoms with van der Waals surface area (Å²) >= 11 is 5.98. The van der Waals surface area contributed by atoms with Crippen molar-refractivity contribution in [1.29, 1.82) is 0 Å². The molecule has 3 amide bonds. The third-order valence-electron chi connectivity index (χ3n) is 3.03. The smallest absolute Gasteiger partial charge is 0.329 e. The fraction of sp³-hybridized carbons (Fsp3) is 0.0588. The number of hydrazone groups is 1. The molecule has 0 radical (unpaired) electrons. The Kier molecular flexibility index (Phi) is 6.84. The van der Waals surface area contributed by atoms with Gasteiger partial charge in [0.15, 0.2) is 6.61 Å². The zero-order valence-corrected chi connectivity index (χ0v) is 14.5. The van der Waals surface area contributed by atoms with Crippen LogP contribution < -0.4 is 21.2 Å². The summed E-state index contributed by atoms with van der Waals surface area (Å²) in [7, 11) is 0. The van der Waals surface area contributed by atoms with Crippen molar-refractivity contribution in [1.82, 2.24) is 5.43 Å². The molecule has 0 heterocycles. The van der Waals surface area contributed by atoms with E-state index in [1.54, 1.807) is 6.07 Å². The zero-order valence-electron chi connectivity index (χ0n) is 13.7. The number of nitrogens with zero attached hydrogens (tertiary/aromatic N) is 1. The van der Waals surface area contributed by atoms with Crippen LogP contribution in [0.2, 0.25) is 5.02 Å². The Hall–Kier alpha value is -3.46. The number of nitrogens with one attached hydrogen (secondary N) is 2. The van der Waals surface area contributed by atoms with E-state index in [1.165, 1.54) is 36.5 Å². The third-order valence-corrected chi connectivity index (χ3v) is 3.33. The second-order valence-electron chi connectivity index (χ2n) is 5.08. The molecule has 0 saturated carbocycles. The Labute approximate surface area is 158 Å². The Morgan fingerprint density at radius 1 is 1.19 bits per heavy atom. The number of nitrogens with two attached hydrogens (primary N) is 1. The number of hydrogen-bond donors (Lipinski definition) is 3. The van der Waals surface area contributed by atoms with E-state index in [0.717, 1.165) is 6.07 Å². The second-order valence-corrected chi connectivity index (χ2v) is 5.49. The molecule has 0 aliphatic heterocycles. The van der Waals surface area contributed by atoms with Crippen LogP contribution in [0.1, 0.15) is 5.56 Å². The number of rotatable bonds is 6. The number of hydrogen-bond acceptors (Lipinski definition) is 5. The minimum Gasteiger partial charge on any atom is -0.482 e. The maximum absolute atomic E-state index is 13.4. The molecule has 0 spiro atoms. The number of halogens is 2. The largest absolute Gasteiger partial charge is 0.482 e. The van der Waals surface area contributed by atoms with E-state index < -0.39 is 23.5 Å². The Morgan fingerprint density at radius 3 is 2.59 bits per heavy atom. The van der Waals surface area contributed by atoms with E-state index in [2.05, 4.69) is 10.4 Å². The van der Waals surface area contributed by atoms with E-state index in [0.29, 0.717) is 5.56 Å². The first-order chi connectivity index (χ1) is 12.9. The average Bonchev–Trinajstić information content (AvgIpc) is 2.62. The van der Waals surface area contributed by atoms with Gasteiger partial charge >= 0.3 is 11.8 Å². The standard InChI is InChI=1S/C17H14ClFN4O4/c18-11-7-10(5-6-14(11)27-9-15(20)24)8-21-23-17(26)16(25)22-13-4-2-1-3-12(13)19/h1-8H,9H2,(H2,20,24)(H,22,25)(H,23,26)/b21-8-. The van der Waals surface area contributed by atoms with Gasteiger partial charge in [-0.3, -0.25) is 14.4 Å². The number of amides is 3. The molecular formula is C17H14ClFN4O4. The summed E-state index contributed by atoms with van der Waals surface area (Å²) in [5, 5.41) is 5.94. The fourth-order valence-corrected chi connectivity index (χ4v) is 2.06. The zero-order chi connectivity index (χ0) is 19.8. The van der Waals surface area contributed by atoms with Crippen LogP contribution in [0.25, 0.3) is 0 Å². The van der Waals surface area contributed by atoms with Gasteiger partial charge in [-0.15, -0.1) is 0 Å². The van der Waals surface area contributed by atoms with Crippen LogP contribution in [0.3, 0.4) is 0 Å². The van der Waals surface area contributed by atoms with Crippen LogP contribution in [-0.2, 0) is 14.4 Å². The van der Waals surface area contributed by atoms with Crippen LogP contribution in [-0.4, -0.2) is 30.5 Å². The summed E-state index contributed by atoms with van der Waals surface area (Å²) in [4.78, 5) is 34.0. The van der Waals surface area contributed by atoms with Gasteiger partial charge in [0, 0.05) is 0 Å². The molecule has 2 aromatic rings. The molecule has 10 heteroatoms. The van der Waals surface area contributed by atoms with Crippen molar-refractivity contribution in [2.24, 2.45) is 10.8 Å². The summed E-state index contributed by atoms with van der Waals surface area (Å²) in [5.41, 5.74) is 7.34. The summed E-state index contributed by atoms with van der Waals surface area (Å²) < 4.78 is 18.5. The van der Waals surface area contributed by atoms with Crippen LogP contribution in [0.15, 0.2) is 47.6 Å². The average molecular weight is 393 g/mol. The van der Waals surface area contributed by atoms with Crippen molar-refractivity contribution in [3.63, 3.8) is 0 Å². The quantitative estimate of drug-likeness (QED) is 0.391. The molecule has 4 N–H and O–H groups in total. The molecule has 2 aromatic carbocycles. The molecule has 2 rings (SSSR count). The molecule has 0 saturated heterocycles. The lowest BCUT2D eigenvalue weighted by atomic mass is 10.2. The molecule has 27 heavy (non-hydrogen) atoms. The lowest BCUT2D eigenvalue weighted by Crippen LogP contribution is -2.32. The highest BCUT2D eigenvalue weighted by molar-refractivity contribution is 6.39. The molecule has 0 aromatic heterocycles. The molecule has 8 nitrogen and oxygen atoms in total. The Bertz CT molecular complexity index is 904. The molecule has 0 bridgehead atoms. The third kappa shape index (κ3) is 6.08. The number of ether oxygens (including phenoxy) is 1. The lowest BCUT2D eigenvalue weighted by molar-refractivity contribution is -0.136. The Balaban J connectivity index is 1.91. The van der Waals surface area contributed by atoms with Gasteiger partial charge in [0.2, 0.25) is 0 Å². The van der Waals surface area contributed by atoms with Gasteiger partial charge in [-0.2, -0.15) is 5.10 Å². The van der Waals surface area contributed by atoms with Crippen molar-refractivity contribution >= 4 is 41.2 Å². The lowest BCUT2D eigenvalue weighted by Gasteiger charge is -2.06. The number of benzene rings is 2. The van der Waals surface area contributed by atoms with Crippen molar-refractivity contribution in [3.8, 4) is 5.75 Å². The molecule has 0 atom stereocenters. The molecular weight excluding hydrogens is 379 g/mol. The van der Waals surface area contributed by atoms with Crippen LogP contribution in [0.4, 0.5) is 10.1 Å². The minimum absolute atomic E-state index is 0.125. The van der Waals surface area contributed by atoms with Gasteiger partial charge in [0.25, 0.3) is 5.91 Å². The highest BCUT2D eigenvalue weighted by Gasteiger charge is 2.14. The number of primary amides is 1. The van der Waals surface area contributed by atoms with E-state index in [4.69, 9.17) is 22.1 Å². The number of carbonyl (C=O) groups is 3. The monoisotopic (exact) mass is 392 g/mol. The van der Waals surface area contributed by atoms with Gasteiger partial charge < -0.3 is 15.8 Å². The molecule has 0 unspecified atom stereocenters. The first kappa shape index (κ1) is 19.9. The van der Waals surface area contributed by atoms with E-state index >= 15 is 0 Å². The first-order valence-corrected chi connectivity index (χ1v) is 7.84. The predicted molar refractivity (Wildman–Crippen MR) is 96.9 cm³/mol. The van der Waals surface area contributed by atoms with Crippen LogP contribution >= 0.6 is 11.6 Å². The normalized spacial score (nSPS) is 10.4. The van der Waals surface area contributed by atoms with Gasteiger partial charge in [-0.1, -0.05) is 23.7 Å². The topological polar surface area (TPSA) is 123 Å². The first-order valence-electron chi connectivity index (χ1n) is 7.46. The SMILES string of the molecule is NC(=O)COc1ccc(/C=N\NC(=O)C(=O)Nc2ccccc2F)cc1Cl. The minimum atomic E-state index is -1.08. The molecule has 140 valence electrons. The maximum atomic E-state index is 13.4. The highest BCUT2D eigenvalue weighted by atomic mass is 35.5. The number of carbonyl (C=O) groups excluding carboxylic acids is 3. The Morgan fingerprint density at radius 2 is 1.93 bits per heavy atom. The molecule has 0 fully saturated rings. The predicted octanol–water partition coefficient (Wildman–Crippen LogP) is 1.43. The van der Waals surface area contributed by atoms with Gasteiger partial charge in [0.1, 0.15) is 11.6 Å². The van der Waals surface area contributed by atoms with E-state index in [-0.39, 0.29) is 23.1 Å². The van der Waals surface area contributed by atoms with Gasteiger partial charge in [-0.05, 0) is 35.9 Å². The summed E-state index contributed by atoms with van der Waals surface area (Å²) in [6.07, 6.45) is 1.23.